The van der Waals surface area contributed by atoms with Gasteiger partial charge >= 0.3 is 0 Å². The average Bonchev–Trinajstić information content (AvgIpc) is 3.52. The lowest BCUT2D eigenvalue weighted by Crippen LogP contribution is -2.41. The van der Waals surface area contributed by atoms with E-state index in [9.17, 15) is 12.8 Å². The van der Waals surface area contributed by atoms with Gasteiger partial charge in [0.15, 0.2) is 5.96 Å². The van der Waals surface area contributed by atoms with Crippen molar-refractivity contribution in [2.24, 2.45) is 4.99 Å². The van der Waals surface area contributed by atoms with Gasteiger partial charge in [-0.1, -0.05) is 18.2 Å². The zero-order valence-corrected chi connectivity index (χ0v) is 17.9. The van der Waals surface area contributed by atoms with E-state index in [1.807, 2.05) is 6.92 Å². The molecule has 2 aromatic carbocycles. The average molecular weight is 435 g/mol. The second-order valence-electron chi connectivity index (χ2n) is 7.23. The lowest BCUT2D eigenvalue weighted by molar-refractivity contribution is 0.223. The first-order valence-corrected chi connectivity index (χ1v) is 11.3. The van der Waals surface area contributed by atoms with Crippen molar-refractivity contribution in [3.8, 4) is 5.75 Å². The van der Waals surface area contributed by atoms with Gasteiger partial charge in [-0.05, 0) is 49.6 Å². The molecule has 30 heavy (non-hydrogen) atoms. The van der Waals surface area contributed by atoms with Crippen LogP contribution in [0.5, 0.6) is 5.75 Å². The fourth-order valence-electron chi connectivity index (χ4n) is 2.74. The van der Waals surface area contributed by atoms with Gasteiger partial charge in [-0.25, -0.2) is 17.5 Å². The Balaban J connectivity index is 1.45. The molecule has 1 atom stereocenters. The fraction of sp³-hybridized carbons (Fsp3) is 0.381. The molecule has 1 fully saturated rings. The summed E-state index contributed by atoms with van der Waals surface area (Å²) in [4.78, 5) is 4.43. The van der Waals surface area contributed by atoms with Crippen LogP contribution in [0.3, 0.4) is 0 Å². The molecule has 0 heterocycles. The van der Waals surface area contributed by atoms with E-state index in [0.717, 1.165) is 18.4 Å². The molecule has 3 rings (SSSR count). The number of hydrogen-bond donors (Lipinski definition) is 3. The Morgan fingerprint density at radius 2 is 1.93 bits per heavy atom. The molecule has 9 heteroatoms. The molecule has 1 saturated carbocycles. The first-order valence-electron chi connectivity index (χ1n) is 9.84. The van der Waals surface area contributed by atoms with Crippen molar-refractivity contribution < 1.29 is 17.5 Å². The highest BCUT2D eigenvalue weighted by atomic mass is 32.2. The Morgan fingerprint density at radius 1 is 1.20 bits per heavy atom. The van der Waals surface area contributed by atoms with E-state index in [0.29, 0.717) is 24.8 Å². The van der Waals surface area contributed by atoms with Gasteiger partial charge in [0, 0.05) is 25.7 Å². The third-order valence-corrected chi connectivity index (χ3v) is 6.04. The molecule has 7 nitrogen and oxygen atoms in total. The van der Waals surface area contributed by atoms with E-state index in [4.69, 9.17) is 4.74 Å². The number of nitrogens with one attached hydrogen (secondary N) is 3. The zero-order chi connectivity index (χ0) is 21.6. The maximum absolute atomic E-state index is 13.2. The molecule has 2 aromatic rings. The van der Waals surface area contributed by atoms with Crippen LogP contribution in [0.15, 0.2) is 58.4 Å². The molecule has 0 aliphatic heterocycles. The summed E-state index contributed by atoms with van der Waals surface area (Å²) in [5, 5.41) is 6.33. The molecule has 0 spiro atoms. The third-order valence-electron chi connectivity index (χ3n) is 4.51. The Morgan fingerprint density at radius 3 is 2.57 bits per heavy atom. The summed E-state index contributed by atoms with van der Waals surface area (Å²) in [6.07, 6.45) is 1.60. The van der Waals surface area contributed by atoms with E-state index >= 15 is 0 Å². The largest absolute Gasteiger partial charge is 0.489 e. The van der Waals surface area contributed by atoms with E-state index in [1.165, 1.54) is 12.1 Å². The van der Waals surface area contributed by atoms with Gasteiger partial charge in [-0.3, -0.25) is 4.99 Å². The molecule has 0 bridgehead atoms. The van der Waals surface area contributed by atoms with Crippen LogP contribution in [0, 0.1) is 5.82 Å². The molecular weight excluding hydrogens is 407 g/mol. The van der Waals surface area contributed by atoms with Gasteiger partial charge in [-0.2, -0.15) is 0 Å². The minimum absolute atomic E-state index is 0.0815. The molecule has 0 radical (unpaired) electrons. The zero-order valence-electron chi connectivity index (χ0n) is 17.1. The van der Waals surface area contributed by atoms with E-state index in [1.54, 1.807) is 43.4 Å². The first kappa shape index (κ1) is 22.0. The maximum Gasteiger partial charge on any atom is 0.240 e. The van der Waals surface area contributed by atoms with Crippen LogP contribution in [0.25, 0.3) is 0 Å². The molecular formula is C21H27FN4O3S. The first-order chi connectivity index (χ1) is 14.4. The van der Waals surface area contributed by atoms with Crippen LogP contribution in [-0.2, 0) is 16.6 Å². The number of aliphatic imine (C=N–C) groups is 1. The van der Waals surface area contributed by atoms with Crippen molar-refractivity contribution in [3.05, 3.63) is 59.9 Å². The Hall–Kier alpha value is -2.65. The minimum Gasteiger partial charge on any atom is -0.489 e. The van der Waals surface area contributed by atoms with Crippen LogP contribution < -0.4 is 20.1 Å². The lowest BCUT2D eigenvalue weighted by atomic mass is 10.2. The van der Waals surface area contributed by atoms with Crippen molar-refractivity contribution in [1.82, 2.24) is 15.4 Å². The predicted octanol–water partition coefficient (Wildman–Crippen LogP) is 2.40. The number of benzene rings is 2. The summed E-state index contributed by atoms with van der Waals surface area (Å²) in [6.45, 7) is 2.83. The molecule has 162 valence electrons. The van der Waals surface area contributed by atoms with Gasteiger partial charge in [0.2, 0.25) is 10.0 Å². The molecule has 0 aromatic heterocycles. The minimum atomic E-state index is -3.44. The highest BCUT2D eigenvalue weighted by Gasteiger charge is 2.27. The quantitative estimate of drug-likeness (QED) is 0.416. The van der Waals surface area contributed by atoms with Gasteiger partial charge in [0.25, 0.3) is 0 Å². The third kappa shape index (κ3) is 6.70. The van der Waals surface area contributed by atoms with Crippen molar-refractivity contribution in [1.29, 1.82) is 0 Å². The highest BCUT2D eigenvalue weighted by molar-refractivity contribution is 7.89. The van der Waals surface area contributed by atoms with Crippen molar-refractivity contribution in [2.45, 2.75) is 43.4 Å². The fourth-order valence-corrected chi connectivity index (χ4v) is 4.04. The van der Waals surface area contributed by atoms with Crippen LogP contribution in [0.2, 0.25) is 0 Å². The Bertz CT molecular complexity index is 976. The summed E-state index contributed by atoms with van der Waals surface area (Å²) in [5.74, 6) is 0.711. The number of sulfonamides is 1. The summed E-state index contributed by atoms with van der Waals surface area (Å²) in [5.41, 5.74) is 0.924. The number of hydrogen-bond acceptors (Lipinski definition) is 4. The van der Waals surface area contributed by atoms with Crippen molar-refractivity contribution >= 4 is 16.0 Å². The number of halogens is 1. The molecule has 1 unspecified atom stereocenters. The molecule has 1 aliphatic rings. The van der Waals surface area contributed by atoms with Crippen LogP contribution >= 0.6 is 0 Å². The summed E-state index contributed by atoms with van der Waals surface area (Å²) >= 11 is 0. The van der Waals surface area contributed by atoms with Crippen molar-refractivity contribution in [3.63, 3.8) is 0 Å². The number of nitrogens with zero attached hydrogens (tertiary/aromatic N) is 1. The monoisotopic (exact) mass is 434 g/mol. The van der Waals surface area contributed by atoms with Gasteiger partial charge < -0.3 is 15.4 Å². The predicted molar refractivity (Wildman–Crippen MR) is 114 cm³/mol. The summed E-state index contributed by atoms with van der Waals surface area (Å²) in [7, 11) is -1.78. The normalized spacial score (nSPS) is 15.5. The molecule has 3 N–H and O–H groups in total. The Kier molecular flexibility index (Phi) is 7.28. The topological polar surface area (TPSA) is 91.8 Å². The van der Waals surface area contributed by atoms with Gasteiger partial charge in [-0.15, -0.1) is 0 Å². The lowest BCUT2D eigenvalue weighted by Gasteiger charge is -2.18. The van der Waals surface area contributed by atoms with Gasteiger partial charge in [0.05, 0.1) is 11.4 Å². The van der Waals surface area contributed by atoms with Crippen LogP contribution in [0.4, 0.5) is 4.39 Å². The highest BCUT2D eigenvalue weighted by Crippen LogP contribution is 2.22. The number of ether oxygens (including phenoxy) is 1. The Labute approximate surface area is 176 Å². The van der Waals surface area contributed by atoms with Crippen molar-refractivity contribution in [2.75, 3.05) is 13.6 Å². The second kappa shape index (κ2) is 9.90. The standard InChI is InChI=1S/C21H27FN4O3S/c1-15(29-19-5-3-4-17(22)12-19)13-24-21(23-2)25-14-16-6-10-20(11-7-16)30(27,28)26-18-8-9-18/h3-7,10-12,15,18,26H,8-9,13-14H2,1-2H3,(H2,23,24,25). The second-order valence-corrected chi connectivity index (χ2v) is 8.95. The molecule has 0 saturated heterocycles. The number of guanidine groups is 1. The van der Waals surface area contributed by atoms with Crippen LogP contribution in [0.1, 0.15) is 25.3 Å². The van der Waals surface area contributed by atoms with E-state index in [-0.39, 0.29) is 22.9 Å². The smallest absolute Gasteiger partial charge is 0.240 e. The van der Waals surface area contributed by atoms with E-state index in [2.05, 4.69) is 20.3 Å². The summed E-state index contributed by atoms with van der Waals surface area (Å²) in [6, 6.07) is 12.9. The summed E-state index contributed by atoms with van der Waals surface area (Å²) < 4.78 is 46.0. The molecule has 1 aliphatic carbocycles. The molecule has 0 amide bonds. The number of rotatable bonds is 9. The van der Waals surface area contributed by atoms with Gasteiger partial charge in [0.1, 0.15) is 17.7 Å². The van der Waals surface area contributed by atoms with E-state index < -0.39 is 10.0 Å². The maximum atomic E-state index is 13.2. The SMILES string of the molecule is CN=C(NCc1ccc(S(=O)(=O)NC2CC2)cc1)NCC(C)Oc1cccc(F)c1. The van der Waals surface area contributed by atoms with Crippen LogP contribution in [-0.4, -0.2) is 40.1 Å².